The smallest absolute Gasteiger partial charge is 0.228 e. The minimum Gasteiger partial charge on any atom is -0.311 e. The number of rotatable bonds is 1. The summed E-state index contributed by atoms with van der Waals surface area (Å²) in [6, 6.07) is 8.02. The molecular weight excluding hydrogens is 357 g/mol. The van der Waals surface area contributed by atoms with E-state index in [1.165, 1.54) is 3.57 Å². The summed E-state index contributed by atoms with van der Waals surface area (Å²) in [7, 11) is 0. The predicted molar refractivity (Wildman–Crippen MR) is 68.8 cm³/mol. The first-order valence-electron chi connectivity index (χ1n) is 4.37. The summed E-state index contributed by atoms with van der Waals surface area (Å²) < 4.78 is 1.19. The highest BCUT2D eigenvalue weighted by Gasteiger charge is 2.28. The molecule has 0 saturated carbocycles. The van der Waals surface area contributed by atoms with Crippen LogP contribution in [0.3, 0.4) is 0 Å². The zero-order valence-electron chi connectivity index (χ0n) is 7.41. The van der Waals surface area contributed by atoms with E-state index in [0.29, 0.717) is 11.2 Å². The summed E-state index contributed by atoms with van der Waals surface area (Å²) in [6.45, 7) is 0.777. The first kappa shape index (κ1) is 10.4. The molecule has 1 unspecified atom stereocenters. The SMILES string of the molecule is O=C1CC(Br)CN1c1ccc(I)cc1. The number of carbonyl (C=O) groups excluding carboxylic acids is 1. The van der Waals surface area contributed by atoms with Crippen LogP contribution >= 0.6 is 38.5 Å². The first-order valence-corrected chi connectivity index (χ1v) is 6.36. The van der Waals surface area contributed by atoms with Crippen molar-refractivity contribution in [2.75, 3.05) is 11.4 Å². The van der Waals surface area contributed by atoms with Crippen LogP contribution < -0.4 is 4.90 Å². The molecule has 2 rings (SSSR count). The van der Waals surface area contributed by atoms with E-state index in [4.69, 9.17) is 0 Å². The van der Waals surface area contributed by atoms with Crippen molar-refractivity contribution < 1.29 is 4.79 Å². The van der Waals surface area contributed by atoms with Crippen molar-refractivity contribution in [1.29, 1.82) is 0 Å². The number of carbonyl (C=O) groups is 1. The van der Waals surface area contributed by atoms with Crippen LogP contribution in [-0.2, 0) is 4.79 Å². The van der Waals surface area contributed by atoms with E-state index in [1.807, 2.05) is 29.2 Å². The van der Waals surface area contributed by atoms with Crippen molar-refractivity contribution in [3.63, 3.8) is 0 Å². The van der Waals surface area contributed by atoms with Gasteiger partial charge in [0.05, 0.1) is 0 Å². The standard InChI is InChI=1S/C10H9BrINO/c11-7-5-10(14)13(6-7)9-3-1-8(12)2-4-9/h1-4,7H,5-6H2. The molecule has 1 saturated heterocycles. The highest BCUT2D eigenvalue weighted by atomic mass is 127. The summed E-state index contributed by atoms with van der Waals surface area (Å²) >= 11 is 5.72. The van der Waals surface area contributed by atoms with E-state index in [2.05, 4.69) is 38.5 Å². The Morgan fingerprint density at radius 2 is 2.00 bits per heavy atom. The molecule has 1 aliphatic heterocycles. The maximum atomic E-state index is 11.6. The molecule has 0 radical (unpaired) electrons. The van der Waals surface area contributed by atoms with Gasteiger partial charge in [-0.2, -0.15) is 0 Å². The fourth-order valence-corrected chi connectivity index (χ4v) is 2.46. The van der Waals surface area contributed by atoms with E-state index in [-0.39, 0.29) is 5.91 Å². The quantitative estimate of drug-likeness (QED) is 0.553. The lowest BCUT2D eigenvalue weighted by molar-refractivity contribution is -0.117. The third kappa shape index (κ3) is 2.11. The summed E-state index contributed by atoms with van der Waals surface area (Å²) in [5.74, 6) is 0.202. The number of anilines is 1. The molecule has 4 heteroatoms. The molecule has 0 aliphatic carbocycles. The van der Waals surface area contributed by atoms with Crippen LogP contribution in [0, 0.1) is 3.57 Å². The van der Waals surface area contributed by atoms with Gasteiger partial charge in [0, 0.05) is 27.1 Å². The molecule has 1 atom stereocenters. The third-order valence-corrected chi connectivity index (χ3v) is 3.55. The van der Waals surface area contributed by atoms with E-state index >= 15 is 0 Å². The number of hydrogen-bond acceptors (Lipinski definition) is 1. The van der Waals surface area contributed by atoms with Crippen LogP contribution in [0.1, 0.15) is 6.42 Å². The van der Waals surface area contributed by atoms with Crippen LogP contribution in [0.2, 0.25) is 0 Å². The van der Waals surface area contributed by atoms with Crippen molar-refractivity contribution >= 4 is 50.1 Å². The van der Waals surface area contributed by atoms with Gasteiger partial charge >= 0.3 is 0 Å². The summed E-state index contributed by atoms with van der Waals surface area (Å²) in [6.07, 6.45) is 0.603. The Hall–Kier alpha value is -0.100. The molecule has 14 heavy (non-hydrogen) atoms. The average Bonchev–Trinajstić information content (AvgIpc) is 2.47. The zero-order valence-corrected chi connectivity index (χ0v) is 11.2. The van der Waals surface area contributed by atoms with E-state index in [9.17, 15) is 4.79 Å². The molecule has 1 amide bonds. The maximum absolute atomic E-state index is 11.6. The Kier molecular flexibility index (Phi) is 3.11. The molecule has 1 aromatic carbocycles. The summed E-state index contributed by atoms with van der Waals surface area (Å²) in [5, 5.41) is 0. The molecule has 1 fully saturated rings. The lowest BCUT2D eigenvalue weighted by Crippen LogP contribution is -2.24. The Balaban J connectivity index is 2.23. The Bertz CT molecular complexity index is 352. The predicted octanol–water partition coefficient (Wildman–Crippen LogP) is 2.79. The van der Waals surface area contributed by atoms with Crippen LogP contribution in [0.25, 0.3) is 0 Å². The molecule has 74 valence electrons. The fraction of sp³-hybridized carbons (Fsp3) is 0.300. The highest BCUT2D eigenvalue weighted by molar-refractivity contribution is 14.1. The molecule has 0 aromatic heterocycles. The fourth-order valence-electron chi connectivity index (χ4n) is 1.53. The van der Waals surface area contributed by atoms with Crippen molar-refractivity contribution in [3.05, 3.63) is 27.8 Å². The van der Waals surface area contributed by atoms with E-state index in [0.717, 1.165) is 12.2 Å². The lowest BCUT2D eigenvalue weighted by atomic mass is 10.3. The Morgan fingerprint density at radius 3 is 2.50 bits per heavy atom. The minimum absolute atomic E-state index is 0.202. The van der Waals surface area contributed by atoms with Gasteiger partial charge in [-0.1, -0.05) is 15.9 Å². The lowest BCUT2D eigenvalue weighted by Gasteiger charge is -2.15. The van der Waals surface area contributed by atoms with Crippen LogP contribution in [0.5, 0.6) is 0 Å². The molecule has 0 N–H and O–H groups in total. The molecule has 1 aromatic rings. The van der Waals surface area contributed by atoms with Crippen molar-refractivity contribution in [3.8, 4) is 0 Å². The zero-order chi connectivity index (χ0) is 10.1. The van der Waals surface area contributed by atoms with Gasteiger partial charge in [0.2, 0.25) is 5.91 Å². The number of nitrogens with zero attached hydrogens (tertiary/aromatic N) is 1. The van der Waals surface area contributed by atoms with Gasteiger partial charge in [-0.05, 0) is 46.9 Å². The second kappa shape index (κ2) is 4.18. The second-order valence-corrected chi connectivity index (χ2v) is 5.82. The van der Waals surface area contributed by atoms with Gasteiger partial charge in [-0.25, -0.2) is 0 Å². The summed E-state index contributed by atoms with van der Waals surface area (Å²) in [5.41, 5.74) is 0.998. The van der Waals surface area contributed by atoms with Gasteiger partial charge in [0.1, 0.15) is 0 Å². The van der Waals surface area contributed by atoms with Crippen molar-refractivity contribution in [2.45, 2.75) is 11.2 Å². The van der Waals surface area contributed by atoms with Crippen LogP contribution in [-0.4, -0.2) is 17.3 Å². The van der Waals surface area contributed by atoms with E-state index in [1.54, 1.807) is 0 Å². The van der Waals surface area contributed by atoms with E-state index < -0.39 is 0 Å². The molecule has 0 spiro atoms. The molecule has 0 bridgehead atoms. The summed E-state index contributed by atoms with van der Waals surface area (Å²) in [4.78, 5) is 13.7. The van der Waals surface area contributed by atoms with Gasteiger partial charge in [-0.3, -0.25) is 4.79 Å². The van der Waals surface area contributed by atoms with Crippen LogP contribution in [0.15, 0.2) is 24.3 Å². The number of amides is 1. The number of benzene rings is 1. The largest absolute Gasteiger partial charge is 0.311 e. The number of halogens is 2. The Labute approximate surface area is 105 Å². The van der Waals surface area contributed by atoms with Crippen molar-refractivity contribution in [1.82, 2.24) is 0 Å². The molecule has 1 heterocycles. The first-order chi connectivity index (χ1) is 6.66. The van der Waals surface area contributed by atoms with Crippen LogP contribution in [0.4, 0.5) is 5.69 Å². The third-order valence-electron chi connectivity index (χ3n) is 2.22. The van der Waals surface area contributed by atoms with Gasteiger partial charge in [-0.15, -0.1) is 0 Å². The topological polar surface area (TPSA) is 20.3 Å². The van der Waals surface area contributed by atoms with Gasteiger partial charge in [0.25, 0.3) is 0 Å². The molecule has 1 aliphatic rings. The minimum atomic E-state index is 0.202. The van der Waals surface area contributed by atoms with Gasteiger partial charge < -0.3 is 4.90 Å². The molecule has 2 nitrogen and oxygen atoms in total. The number of hydrogen-bond donors (Lipinski definition) is 0. The average molecular weight is 366 g/mol. The second-order valence-electron chi connectivity index (χ2n) is 3.28. The number of alkyl halides is 1. The normalized spacial score (nSPS) is 21.7. The Morgan fingerprint density at radius 1 is 1.36 bits per heavy atom. The monoisotopic (exact) mass is 365 g/mol. The van der Waals surface area contributed by atoms with Gasteiger partial charge in [0.15, 0.2) is 0 Å². The maximum Gasteiger partial charge on any atom is 0.228 e. The molecular formula is C10H9BrINO. The highest BCUT2D eigenvalue weighted by Crippen LogP contribution is 2.25. The van der Waals surface area contributed by atoms with Crippen molar-refractivity contribution in [2.24, 2.45) is 0 Å².